The minimum Gasteiger partial charge on any atom is -0.382 e. The predicted octanol–water partition coefficient (Wildman–Crippen LogP) is 0.411. The Morgan fingerprint density at radius 2 is 2.16 bits per heavy atom. The Morgan fingerprint density at radius 3 is 2.74 bits per heavy atom. The SMILES string of the molecule is Nc1cc(C(=O)N2CCN(c3nccs3)CC2)[nH]n1. The van der Waals surface area contributed by atoms with Crippen LogP contribution in [0.25, 0.3) is 0 Å². The van der Waals surface area contributed by atoms with Gasteiger partial charge in [0.25, 0.3) is 5.91 Å². The zero-order chi connectivity index (χ0) is 13.2. The van der Waals surface area contributed by atoms with Crippen LogP contribution in [0.1, 0.15) is 10.5 Å². The molecule has 0 aromatic carbocycles. The van der Waals surface area contributed by atoms with Gasteiger partial charge in [-0.05, 0) is 0 Å². The third-order valence-electron chi connectivity index (χ3n) is 3.08. The summed E-state index contributed by atoms with van der Waals surface area (Å²) in [6.07, 6.45) is 1.80. The zero-order valence-electron chi connectivity index (χ0n) is 10.2. The van der Waals surface area contributed by atoms with Crippen LogP contribution in [-0.2, 0) is 0 Å². The summed E-state index contributed by atoms with van der Waals surface area (Å²) >= 11 is 1.62. The minimum atomic E-state index is -0.0528. The number of carbonyl (C=O) groups excluding carboxylic acids is 1. The fraction of sp³-hybridized carbons (Fsp3) is 0.364. The maximum atomic E-state index is 12.2. The molecule has 1 fully saturated rings. The van der Waals surface area contributed by atoms with Gasteiger partial charge in [0.1, 0.15) is 11.5 Å². The number of amides is 1. The van der Waals surface area contributed by atoms with E-state index in [0.717, 1.165) is 18.2 Å². The molecule has 1 aliphatic rings. The molecule has 1 amide bonds. The molecule has 3 N–H and O–H groups in total. The lowest BCUT2D eigenvalue weighted by Gasteiger charge is -2.34. The molecule has 2 aromatic rings. The van der Waals surface area contributed by atoms with E-state index >= 15 is 0 Å². The van der Waals surface area contributed by atoms with E-state index in [9.17, 15) is 4.79 Å². The molecule has 2 aromatic heterocycles. The standard InChI is InChI=1S/C11H14N6OS/c12-9-7-8(14-15-9)10(18)16-2-4-17(5-3-16)11-13-1-6-19-11/h1,6-7H,2-5H2,(H3,12,14,15). The van der Waals surface area contributed by atoms with Crippen molar-refractivity contribution in [1.29, 1.82) is 0 Å². The highest BCUT2D eigenvalue weighted by Crippen LogP contribution is 2.19. The summed E-state index contributed by atoms with van der Waals surface area (Å²) in [5.41, 5.74) is 5.95. The van der Waals surface area contributed by atoms with Crippen molar-refractivity contribution in [3.8, 4) is 0 Å². The van der Waals surface area contributed by atoms with Crippen LogP contribution in [0.3, 0.4) is 0 Å². The zero-order valence-corrected chi connectivity index (χ0v) is 11.1. The molecule has 8 heteroatoms. The molecule has 3 heterocycles. The first-order valence-electron chi connectivity index (χ1n) is 5.98. The molecule has 19 heavy (non-hydrogen) atoms. The Bertz CT molecular complexity index is 558. The van der Waals surface area contributed by atoms with Gasteiger partial charge in [0.05, 0.1) is 0 Å². The lowest BCUT2D eigenvalue weighted by atomic mass is 10.3. The lowest BCUT2D eigenvalue weighted by molar-refractivity contribution is 0.0741. The van der Waals surface area contributed by atoms with E-state index in [1.165, 1.54) is 0 Å². The third kappa shape index (κ3) is 2.39. The molecule has 0 spiro atoms. The number of nitrogens with zero attached hydrogens (tertiary/aromatic N) is 4. The van der Waals surface area contributed by atoms with Crippen LogP contribution in [0.4, 0.5) is 10.9 Å². The summed E-state index contributed by atoms with van der Waals surface area (Å²) in [7, 11) is 0. The summed E-state index contributed by atoms with van der Waals surface area (Å²) < 4.78 is 0. The number of carbonyl (C=O) groups is 1. The lowest BCUT2D eigenvalue weighted by Crippen LogP contribution is -2.48. The minimum absolute atomic E-state index is 0.0528. The van der Waals surface area contributed by atoms with Crippen LogP contribution in [0.15, 0.2) is 17.6 Å². The second-order valence-electron chi connectivity index (χ2n) is 4.30. The smallest absolute Gasteiger partial charge is 0.272 e. The van der Waals surface area contributed by atoms with Crippen molar-refractivity contribution in [3.05, 3.63) is 23.3 Å². The summed E-state index contributed by atoms with van der Waals surface area (Å²) in [5, 5.41) is 9.40. The molecule has 1 aliphatic heterocycles. The number of piperazine rings is 1. The molecular formula is C11H14N6OS. The Hall–Kier alpha value is -2.09. The number of hydrogen-bond donors (Lipinski definition) is 2. The Kier molecular flexibility index (Phi) is 3.08. The summed E-state index contributed by atoms with van der Waals surface area (Å²) in [4.78, 5) is 20.4. The van der Waals surface area contributed by atoms with Crippen LogP contribution in [-0.4, -0.2) is 52.2 Å². The van der Waals surface area contributed by atoms with Gasteiger partial charge >= 0.3 is 0 Å². The molecule has 0 bridgehead atoms. The van der Waals surface area contributed by atoms with Gasteiger partial charge in [0.15, 0.2) is 5.13 Å². The third-order valence-corrected chi connectivity index (χ3v) is 3.92. The van der Waals surface area contributed by atoms with E-state index in [2.05, 4.69) is 20.1 Å². The average molecular weight is 278 g/mol. The number of nitrogen functional groups attached to an aromatic ring is 1. The molecule has 7 nitrogen and oxygen atoms in total. The van der Waals surface area contributed by atoms with E-state index < -0.39 is 0 Å². The first-order chi connectivity index (χ1) is 9.24. The van der Waals surface area contributed by atoms with Crippen LogP contribution in [0, 0.1) is 0 Å². The maximum absolute atomic E-state index is 12.2. The number of aromatic nitrogens is 3. The second-order valence-corrected chi connectivity index (χ2v) is 5.17. The molecular weight excluding hydrogens is 264 g/mol. The van der Waals surface area contributed by atoms with Gasteiger partial charge < -0.3 is 15.5 Å². The number of nitrogens with one attached hydrogen (secondary N) is 1. The number of H-pyrrole nitrogens is 1. The van der Waals surface area contributed by atoms with Gasteiger partial charge in [-0.25, -0.2) is 4.98 Å². The van der Waals surface area contributed by atoms with Crippen LogP contribution < -0.4 is 10.6 Å². The molecule has 0 unspecified atom stereocenters. The first-order valence-corrected chi connectivity index (χ1v) is 6.86. The quantitative estimate of drug-likeness (QED) is 0.830. The van der Waals surface area contributed by atoms with Crippen molar-refractivity contribution in [2.24, 2.45) is 0 Å². The predicted molar refractivity (Wildman–Crippen MR) is 73.2 cm³/mol. The van der Waals surface area contributed by atoms with Crippen LogP contribution in [0.2, 0.25) is 0 Å². The van der Waals surface area contributed by atoms with Gasteiger partial charge in [0, 0.05) is 43.8 Å². The average Bonchev–Trinajstić information content (AvgIpc) is 3.09. The highest BCUT2D eigenvalue weighted by molar-refractivity contribution is 7.13. The van der Waals surface area contributed by atoms with E-state index in [1.54, 1.807) is 28.5 Å². The number of thiazole rings is 1. The van der Waals surface area contributed by atoms with Gasteiger partial charge in [0.2, 0.25) is 0 Å². The summed E-state index contributed by atoms with van der Waals surface area (Å²) in [5.74, 6) is 0.285. The van der Waals surface area contributed by atoms with Crippen molar-refractivity contribution in [3.63, 3.8) is 0 Å². The molecule has 0 atom stereocenters. The number of rotatable bonds is 2. The van der Waals surface area contributed by atoms with Gasteiger partial charge in [-0.1, -0.05) is 0 Å². The van der Waals surface area contributed by atoms with E-state index in [-0.39, 0.29) is 5.91 Å². The van der Waals surface area contributed by atoms with Crippen LogP contribution >= 0.6 is 11.3 Å². The van der Waals surface area contributed by atoms with E-state index in [4.69, 9.17) is 5.73 Å². The maximum Gasteiger partial charge on any atom is 0.272 e. The second kappa shape index (κ2) is 4.88. The van der Waals surface area contributed by atoms with Crippen molar-refractivity contribution in [2.45, 2.75) is 0 Å². The molecule has 0 aliphatic carbocycles. The molecule has 100 valence electrons. The number of aromatic amines is 1. The van der Waals surface area contributed by atoms with Crippen molar-refractivity contribution in [2.75, 3.05) is 36.8 Å². The Labute approximate surface area is 114 Å². The largest absolute Gasteiger partial charge is 0.382 e. The topological polar surface area (TPSA) is 91.1 Å². The monoisotopic (exact) mass is 278 g/mol. The van der Waals surface area contributed by atoms with Gasteiger partial charge in [-0.2, -0.15) is 5.10 Å². The highest BCUT2D eigenvalue weighted by Gasteiger charge is 2.24. The normalized spacial score (nSPS) is 15.8. The van der Waals surface area contributed by atoms with Crippen LogP contribution in [0.5, 0.6) is 0 Å². The van der Waals surface area contributed by atoms with Gasteiger partial charge in [-0.15, -0.1) is 11.3 Å². The molecule has 3 rings (SSSR count). The number of nitrogens with two attached hydrogens (primary N) is 1. The Balaban J connectivity index is 1.62. The Morgan fingerprint density at radius 1 is 1.37 bits per heavy atom. The first kappa shape index (κ1) is 12.0. The summed E-state index contributed by atoms with van der Waals surface area (Å²) in [6.45, 7) is 2.94. The van der Waals surface area contributed by atoms with E-state index in [1.807, 2.05) is 5.38 Å². The molecule has 0 saturated carbocycles. The molecule has 1 saturated heterocycles. The number of anilines is 2. The van der Waals surface area contributed by atoms with E-state index in [0.29, 0.717) is 24.6 Å². The van der Waals surface area contributed by atoms with Crippen molar-refractivity contribution < 1.29 is 4.79 Å². The fourth-order valence-corrected chi connectivity index (χ4v) is 2.79. The molecule has 0 radical (unpaired) electrons. The van der Waals surface area contributed by atoms with Gasteiger partial charge in [-0.3, -0.25) is 9.89 Å². The fourth-order valence-electron chi connectivity index (χ4n) is 2.09. The number of hydrogen-bond acceptors (Lipinski definition) is 6. The van der Waals surface area contributed by atoms with Crippen molar-refractivity contribution in [1.82, 2.24) is 20.1 Å². The summed E-state index contributed by atoms with van der Waals surface area (Å²) in [6, 6.07) is 1.57. The van der Waals surface area contributed by atoms with Crippen molar-refractivity contribution >= 4 is 28.2 Å². The highest BCUT2D eigenvalue weighted by atomic mass is 32.1.